The Morgan fingerprint density at radius 3 is 2.16 bits per heavy atom. The summed E-state index contributed by atoms with van der Waals surface area (Å²) in [5.74, 6) is 1.65. The maximum Gasteiger partial charge on any atom is 0.413 e. The molecule has 0 atom stereocenters. The highest BCUT2D eigenvalue weighted by atomic mass is 16.6. The van der Waals surface area contributed by atoms with E-state index in [1.165, 1.54) is 0 Å². The number of nitrogens with one attached hydrogen (secondary N) is 3. The fourth-order valence-corrected chi connectivity index (χ4v) is 5.17. The van der Waals surface area contributed by atoms with Crippen molar-refractivity contribution in [1.29, 1.82) is 0 Å². The first-order valence-electron chi connectivity index (χ1n) is 16.4. The molecule has 0 bridgehead atoms. The maximum atomic E-state index is 13.4. The van der Waals surface area contributed by atoms with E-state index in [0.717, 1.165) is 33.3 Å². The first-order valence-corrected chi connectivity index (χ1v) is 16.4. The molecule has 3 amide bonds. The van der Waals surface area contributed by atoms with Crippen LogP contribution < -0.4 is 20.7 Å². The minimum absolute atomic E-state index is 0.208. The summed E-state index contributed by atoms with van der Waals surface area (Å²) in [6.07, 6.45) is 1.09. The third kappa shape index (κ3) is 8.76. The number of benzene rings is 3. The molecule has 10 heteroatoms. The average molecular weight is 663 g/mol. The largest absolute Gasteiger partial charge is 0.492 e. The van der Waals surface area contributed by atoms with E-state index in [1.807, 2.05) is 107 Å². The van der Waals surface area contributed by atoms with Crippen LogP contribution in [0.2, 0.25) is 0 Å². The second kappa shape index (κ2) is 13.6. The van der Waals surface area contributed by atoms with Crippen LogP contribution in [0.5, 0.6) is 5.75 Å². The molecule has 5 aromatic rings. The van der Waals surface area contributed by atoms with Gasteiger partial charge in [0.15, 0.2) is 0 Å². The van der Waals surface area contributed by atoms with E-state index in [-0.39, 0.29) is 11.4 Å². The zero-order valence-electron chi connectivity index (χ0n) is 29.8. The number of urea groups is 1. The summed E-state index contributed by atoms with van der Waals surface area (Å²) in [5.41, 5.74) is 3.18. The van der Waals surface area contributed by atoms with Gasteiger partial charge in [0.25, 0.3) is 0 Å². The first-order chi connectivity index (χ1) is 23.0. The van der Waals surface area contributed by atoms with Crippen molar-refractivity contribution < 1.29 is 19.1 Å². The number of aryl methyl sites for hydroxylation is 1. The van der Waals surface area contributed by atoms with Gasteiger partial charge < -0.3 is 14.8 Å². The van der Waals surface area contributed by atoms with Crippen molar-refractivity contribution in [2.75, 3.05) is 22.6 Å². The lowest BCUT2D eigenvalue weighted by Crippen LogP contribution is -2.28. The second-order valence-electron chi connectivity index (χ2n) is 14.9. The molecule has 0 saturated carbocycles. The van der Waals surface area contributed by atoms with Crippen LogP contribution in [-0.4, -0.2) is 39.1 Å². The van der Waals surface area contributed by atoms with Gasteiger partial charge in [-0.15, -0.1) is 0 Å². The Hall–Kier alpha value is -5.38. The molecule has 49 heavy (non-hydrogen) atoms. The molecule has 2 heterocycles. The number of amides is 3. The molecule has 0 aliphatic carbocycles. The van der Waals surface area contributed by atoms with Crippen molar-refractivity contribution in [2.24, 2.45) is 0 Å². The van der Waals surface area contributed by atoms with E-state index in [2.05, 4.69) is 55.6 Å². The monoisotopic (exact) mass is 662 g/mol. The minimum Gasteiger partial charge on any atom is -0.492 e. The van der Waals surface area contributed by atoms with Gasteiger partial charge in [0, 0.05) is 33.9 Å². The third-order valence-electron chi connectivity index (χ3n) is 7.89. The Labute approximate surface area is 288 Å². The third-order valence-corrected chi connectivity index (χ3v) is 7.89. The fraction of sp³-hybridized carbons (Fsp3) is 0.333. The van der Waals surface area contributed by atoms with Crippen LogP contribution in [0.25, 0.3) is 16.5 Å². The number of ether oxygens (including phenoxy) is 2. The van der Waals surface area contributed by atoms with Gasteiger partial charge in [-0.3, -0.25) is 10.6 Å². The Bertz CT molecular complexity index is 1970. The van der Waals surface area contributed by atoms with Crippen LogP contribution in [-0.2, 0) is 15.6 Å². The molecule has 5 rings (SSSR count). The summed E-state index contributed by atoms with van der Waals surface area (Å²) in [6.45, 7) is 18.2. The number of aromatic nitrogens is 3. The summed E-state index contributed by atoms with van der Waals surface area (Å²) in [4.78, 5) is 30.0. The van der Waals surface area contributed by atoms with Crippen molar-refractivity contribution in [1.82, 2.24) is 14.8 Å². The quantitative estimate of drug-likeness (QED) is 0.152. The standard InChI is InChI=1S/C39H46N6O4/c1-25-14-16-27(17-15-25)45-34(23-32(44-45)37(2,3)4)43-35(46)41-30-18-19-31(29-13-11-10-12-28(29)30)48-24-39(8,9)26-20-21-40-33(22-26)42-36(47)49-38(5,6)7/h10-23H,24H2,1-9H3,(H,40,42,47)(H2,41,43,46). The van der Waals surface area contributed by atoms with Gasteiger partial charge >= 0.3 is 12.1 Å². The number of nitrogens with zero attached hydrogens (tertiary/aromatic N) is 3. The topological polar surface area (TPSA) is 119 Å². The SMILES string of the molecule is Cc1ccc(-n2nc(C(C)(C)C)cc2NC(=O)Nc2ccc(OCC(C)(C)c3ccnc(NC(=O)OC(C)(C)C)c3)c3ccccc23)cc1. The van der Waals surface area contributed by atoms with Crippen LogP contribution in [0.1, 0.15) is 72.2 Å². The van der Waals surface area contributed by atoms with Crippen molar-refractivity contribution in [2.45, 2.75) is 78.7 Å². The second-order valence-corrected chi connectivity index (χ2v) is 14.9. The first kappa shape index (κ1) is 34.9. The summed E-state index contributed by atoms with van der Waals surface area (Å²) in [6, 6.07) is 24.8. The highest BCUT2D eigenvalue weighted by Crippen LogP contribution is 2.34. The number of carbonyl (C=O) groups is 2. The molecule has 3 aromatic carbocycles. The van der Waals surface area contributed by atoms with Gasteiger partial charge in [0.05, 0.1) is 23.7 Å². The Morgan fingerprint density at radius 1 is 0.796 bits per heavy atom. The number of carbonyl (C=O) groups excluding carboxylic acids is 2. The molecule has 2 aromatic heterocycles. The van der Waals surface area contributed by atoms with Crippen LogP contribution >= 0.6 is 0 Å². The van der Waals surface area contributed by atoms with E-state index in [0.29, 0.717) is 29.7 Å². The molecule has 0 aliphatic heterocycles. The Balaban J connectivity index is 1.32. The molecule has 0 saturated heterocycles. The lowest BCUT2D eigenvalue weighted by molar-refractivity contribution is 0.0635. The summed E-state index contributed by atoms with van der Waals surface area (Å²) >= 11 is 0. The highest BCUT2D eigenvalue weighted by molar-refractivity contribution is 6.07. The minimum atomic E-state index is -0.617. The van der Waals surface area contributed by atoms with Gasteiger partial charge in [-0.1, -0.05) is 76.6 Å². The van der Waals surface area contributed by atoms with E-state index in [9.17, 15) is 9.59 Å². The average Bonchev–Trinajstić information content (AvgIpc) is 3.44. The van der Waals surface area contributed by atoms with Crippen LogP contribution in [0.15, 0.2) is 85.1 Å². The summed E-state index contributed by atoms with van der Waals surface area (Å²) in [7, 11) is 0. The molecule has 256 valence electrons. The zero-order chi connectivity index (χ0) is 35.6. The van der Waals surface area contributed by atoms with Gasteiger partial charge in [0.1, 0.15) is 23.0 Å². The predicted molar refractivity (Wildman–Crippen MR) is 196 cm³/mol. The molecular weight excluding hydrogens is 616 g/mol. The summed E-state index contributed by atoms with van der Waals surface area (Å²) < 4.78 is 13.5. The molecular formula is C39H46N6O4. The van der Waals surface area contributed by atoms with Crippen LogP contribution in [0, 0.1) is 6.92 Å². The number of hydrogen-bond donors (Lipinski definition) is 3. The van der Waals surface area contributed by atoms with E-state index in [4.69, 9.17) is 14.6 Å². The molecule has 0 radical (unpaired) electrons. The number of fused-ring (bicyclic) bond motifs is 1. The van der Waals surface area contributed by atoms with Crippen LogP contribution in [0.4, 0.5) is 26.9 Å². The Morgan fingerprint density at radius 2 is 1.49 bits per heavy atom. The molecule has 0 unspecified atom stereocenters. The lowest BCUT2D eigenvalue weighted by Gasteiger charge is -2.26. The zero-order valence-corrected chi connectivity index (χ0v) is 29.8. The number of hydrogen-bond acceptors (Lipinski definition) is 6. The van der Waals surface area contributed by atoms with Gasteiger partial charge in [-0.25, -0.2) is 19.3 Å². The number of pyridine rings is 1. The molecule has 0 fully saturated rings. The fourth-order valence-electron chi connectivity index (χ4n) is 5.17. The van der Waals surface area contributed by atoms with E-state index in [1.54, 1.807) is 10.9 Å². The molecule has 0 spiro atoms. The lowest BCUT2D eigenvalue weighted by atomic mass is 9.86. The van der Waals surface area contributed by atoms with Gasteiger partial charge in [0.2, 0.25) is 0 Å². The van der Waals surface area contributed by atoms with Gasteiger partial charge in [-0.2, -0.15) is 5.10 Å². The summed E-state index contributed by atoms with van der Waals surface area (Å²) in [5, 5.41) is 15.3. The van der Waals surface area contributed by atoms with Crippen molar-refractivity contribution in [3.63, 3.8) is 0 Å². The van der Waals surface area contributed by atoms with Crippen LogP contribution in [0.3, 0.4) is 0 Å². The maximum absolute atomic E-state index is 13.4. The molecule has 3 N–H and O–H groups in total. The van der Waals surface area contributed by atoms with E-state index < -0.39 is 17.1 Å². The predicted octanol–water partition coefficient (Wildman–Crippen LogP) is 9.37. The number of anilines is 3. The molecule has 0 aliphatic rings. The van der Waals surface area contributed by atoms with Crippen molar-refractivity contribution in [3.05, 3.63) is 102 Å². The van der Waals surface area contributed by atoms with Gasteiger partial charge in [-0.05, 0) is 69.7 Å². The van der Waals surface area contributed by atoms with Crippen molar-refractivity contribution in [3.8, 4) is 11.4 Å². The van der Waals surface area contributed by atoms with Crippen molar-refractivity contribution >= 4 is 40.2 Å². The number of rotatable bonds is 8. The van der Waals surface area contributed by atoms with E-state index >= 15 is 0 Å². The molecule has 10 nitrogen and oxygen atoms in total. The normalized spacial score (nSPS) is 12.0. The smallest absolute Gasteiger partial charge is 0.413 e. The Kier molecular flexibility index (Phi) is 9.71. The highest BCUT2D eigenvalue weighted by Gasteiger charge is 2.25.